The van der Waals surface area contributed by atoms with Gasteiger partial charge in [0.25, 0.3) is 5.91 Å². The van der Waals surface area contributed by atoms with Gasteiger partial charge in [-0.1, -0.05) is 24.3 Å². The molecular weight excluding hydrogens is 576 g/mol. The van der Waals surface area contributed by atoms with Crippen LogP contribution in [0.15, 0.2) is 108 Å². The summed E-state index contributed by atoms with van der Waals surface area (Å²) in [5.74, 6) is -2.61. The summed E-state index contributed by atoms with van der Waals surface area (Å²) in [5.41, 5.74) is 3.24. The Balaban J connectivity index is 1.36. The maximum Gasteiger partial charge on any atom is 0.261 e. The third-order valence-electron chi connectivity index (χ3n) is 6.47. The Hall–Kier alpha value is -5.53. The number of fused-ring (bicyclic) bond motifs is 1. The van der Waals surface area contributed by atoms with Crippen molar-refractivity contribution in [2.75, 3.05) is 10.6 Å². The van der Waals surface area contributed by atoms with Gasteiger partial charge in [0.1, 0.15) is 22.9 Å². The Bertz CT molecular complexity index is 2100. The first-order valence-corrected chi connectivity index (χ1v) is 14.3. The number of carbonyl (C=O) groups excluding carboxylic acids is 1. The third-order valence-corrected chi connectivity index (χ3v) is 7.40. The molecule has 0 unspecified atom stereocenters. The molecule has 43 heavy (non-hydrogen) atoms. The Morgan fingerprint density at radius 1 is 0.860 bits per heavy atom. The monoisotopic (exact) mass is 597 g/mol. The van der Waals surface area contributed by atoms with Gasteiger partial charge in [-0.3, -0.25) is 4.79 Å². The van der Waals surface area contributed by atoms with Crippen LogP contribution in [0.5, 0.6) is 0 Å². The zero-order valence-corrected chi connectivity index (χ0v) is 22.9. The summed E-state index contributed by atoms with van der Waals surface area (Å²) in [6, 6.07) is 23.1. The molecule has 0 atom stereocenters. The minimum Gasteiger partial charge on any atom is -0.324 e. The van der Waals surface area contributed by atoms with Crippen LogP contribution in [-0.2, 0) is 10.0 Å². The molecule has 0 fully saturated rings. The van der Waals surface area contributed by atoms with Crippen LogP contribution in [0.2, 0.25) is 0 Å². The van der Waals surface area contributed by atoms with Crippen LogP contribution >= 0.6 is 0 Å². The molecule has 3 aromatic carbocycles. The number of amides is 1. The summed E-state index contributed by atoms with van der Waals surface area (Å²) >= 11 is 0. The lowest BCUT2D eigenvalue weighted by molar-refractivity contribution is 0.101. The number of hydrogen-bond donors (Lipinski definition) is 3. The van der Waals surface area contributed by atoms with Crippen molar-refractivity contribution in [1.82, 2.24) is 19.6 Å². The lowest BCUT2D eigenvalue weighted by Gasteiger charge is -2.10. The Morgan fingerprint density at radius 3 is 2.35 bits per heavy atom. The number of anilines is 3. The number of hydrogen-bond acceptors (Lipinski definition) is 7. The number of benzene rings is 3. The van der Waals surface area contributed by atoms with Crippen LogP contribution in [0.4, 0.5) is 26.1 Å². The number of rotatable bonds is 7. The van der Waals surface area contributed by atoms with E-state index >= 15 is 0 Å². The Morgan fingerprint density at radius 2 is 1.60 bits per heavy atom. The van der Waals surface area contributed by atoms with E-state index in [2.05, 4.69) is 20.6 Å². The molecule has 0 aliphatic heterocycles. The van der Waals surface area contributed by atoms with E-state index in [1.807, 2.05) is 18.2 Å². The van der Waals surface area contributed by atoms with Gasteiger partial charge in [0.15, 0.2) is 0 Å². The Kier molecular flexibility index (Phi) is 7.09. The van der Waals surface area contributed by atoms with Crippen molar-refractivity contribution >= 4 is 38.8 Å². The molecule has 4 N–H and O–H groups in total. The van der Waals surface area contributed by atoms with Gasteiger partial charge in [-0.25, -0.2) is 36.8 Å². The lowest BCUT2D eigenvalue weighted by Crippen LogP contribution is -2.15. The first-order valence-electron chi connectivity index (χ1n) is 12.7. The molecule has 6 aromatic rings. The number of pyridine rings is 1. The van der Waals surface area contributed by atoms with E-state index in [4.69, 9.17) is 10.2 Å². The highest BCUT2D eigenvalue weighted by Crippen LogP contribution is 2.35. The molecule has 13 heteroatoms. The number of nitrogens with one attached hydrogen (secondary N) is 2. The van der Waals surface area contributed by atoms with Crippen LogP contribution < -0.4 is 15.8 Å². The minimum absolute atomic E-state index is 0.0267. The van der Waals surface area contributed by atoms with Gasteiger partial charge in [0.05, 0.1) is 21.7 Å². The van der Waals surface area contributed by atoms with E-state index in [0.717, 1.165) is 17.6 Å². The quantitative estimate of drug-likeness (QED) is 0.224. The van der Waals surface area contributed by atoms with Gasteiger partial charge in [-0.2, -0.15) is 5.10 Å². The highest BCUT2D eigenvalue weighted by molar-refractivity contribution is 7.89. The highest BCUT2D eigenvalue weighted by Gasteiger charge is 2.20. The zero-order chi connectivity index (χ0) is 30.1. The van der Waals surface area contributed by atoms with Crippen molar-refractivity contribution in [1.29, 1.82) is 0 Å². The molecule has 0 spiro atoms. The SMILES string of the molecule is NS(=O)(=O)c1ccc(Nc2nccc(-c3c(-c4cccc(NC(=O)c5c(F)cccc5F)c4)nn4ccccc34)n2)cc1. The van der Waals surface area contributed by atoms with Crippen molar-refractivity contribution in [2.24, 2.45) is 5.14 Å². The molecule has 214 valence electrons. The van der Waals surface area contributed by atoms with Crippen molar-refractivity contribution in [2.45, 2.75) is 4.90 Å². The second-order valence-corrected chi connectivity index (χ2v) is 10.9. The van der Waals surface area contributed by atoms with Crippen LogP contribution in [0.1, 0.15) is 10.4 Å². The normalized spacial score (nSPS) is 11.4. The van der Waals surface area contributed by atoms with Crippen LogP contribution in [0.25, 0.3) is 28.0 Å². The van der Waals surface area contributed by atoms with Gasteiger partial charge in [-0.15, -0.1) is 0 Å². The molecular formula is C30H21F2N7O3S. The minimum atomic E-state index is -3.83. The standard InChI is InChI=1S/C30H21F2N7O3S/c31-22-7-4-8-23(32)26(22)29(40)35-20-6-3-5-18(17-20)28-27(25-9-1-2-16-39(25)38-28)24-14-15-34-30(37-24)36-19-10-12-21(13-11-19)43(33,41)42/h1-17H,(H,35,40)(H2,33,41,42)(H,34,36,37). The topological polar surface area (TPSA) is 144 Å². The molecule has 3 heterocycles. The summed E-state index contributed by atoms with van der Waals surface area (Å²) in [6.07, 6.45) is 3.35. The molecule has 0 saturated carbocycles. The number of aromatic nitrogens is 4. The van der Waals surface area contributed by atoms with E-state index in [1.54, 1.807) is 59.4 Å². The molecule has 1 amide bonds. The number of carbonyl (C=O) groups is 1. The molecule has 6 rings (SSSR count). The van der Waals surface area contributed by atoms with Crippen LogP contribution in [0, 0.1) is 11.6 Å². The highest BCUT2D eigenvalue weighted by atomic mass is 32.2. The van der Waals surface area contributed by atoms with E-state index in [0.29, 0.717) is 33.9 Å². The average Bonchev–Trinajstić information content (AvgIpc) is 3.37. The maximum absolute atomic E-state index is 14.2. The van der Waals surface area contributed by atoms with Crippen molar-refractivity contribution in [3.63, 3.8) is 0 Å². The molecule has 0 aliphatic rings. The van der Waals surface area contributed by atoms with E-state index < -0.39 is 33.1 Å². The van der Waals surface area contributed by atoms with Gasteiger partial charge in [-0.05, 0) is 66.7 Å². The predicted octanol–water partition coefficient (Wildman–Crippen LogP) is 5.38. The summed E-state index contributed by atoms with van der Waals surface area (Å²) < 4.78 is 53.2. The number of sulfonamides is 1. The van der Waals surface area contributed by atoms with Gasteiger partial charge in [0.2, 0.25) is 16.0 Å². The first-order chi connectivity index (χ1) is 20.7. The fourth-order valence-electron chi connectivity index (χ4n) is 4.52. The lowest BCUT2D eigenvalue weighted by atomic mass is 10.0. The van der Waals surface area contributed by atoms with Crippen molar-refractivity contribution in [3.05, 3.63) is 121 Å². The number of halogens is 2. The summed E-state index contributed by atoms with van der Waals surface area (Å²) in [5, 5.41) is 15.5. The molecule has 0 radical (unpaired) electrons. The van der Waals surface area contributed by atoms with Gasteiger partial charge < -0.3 is 10.6 Å². The van der Waals surface area contributed by atoms with Crippen molar-refractivity contribution in [3.8, 4) is 22.5 Å². The fraction of sp³-hybridized carbons (Fsp3) is 0. The molecule has 0 saturated heterocycles. The summed E-state index contributed by atoms with van der Waals surface area (Å²) in [6.45, 7) is 0. The van der Waals surface area contributed by atoms with Crippen LogP contribution in [-0.4, -0.2) is 33.9 Å². The van der Waals surface area contributed by atoms with Gasteiger partial charge >= 0.3 is 0 Å². The number of primary sulfonamides is 1. The number of nitrogens with two attached hydrogens (primary N) is 1. The molecule has 3 aromatic heterocycles. The molecule has 10 nitrogen and oxygen atoms in total. The van der Waals surface area contributed by atoms with E-state index in [-0.39, 0.29) is 10.8 Å². The van der Waals surface area contributed by atoms with Gasteiger partial charge in [0, 0.05) is 29.3 Å². The summed E-state index contributed by atoms with van der Waals surface area (Å²) in [7, 11) is -3.83. The van der Waals surface area contributed by atoms with E-state index in [9.17, 15) is 22.0 Å². The molecule has 0 bridgehead atoms. The number of nitrogens with zero attached hydrogens (tertiary/aromatic N) is 4. The van der Waals surface area contributed by atoms with Crippen LogP contribution in [0.3, 0.4) is 0 Å². The second kappa shape index (κ2) is 11.0. The van der Waals surface area contributed by atoms with E-state index in [1.165, 1.54) is 18.2 Å². The summed E-state index contributed by atoms with van der Waals surface area (Å²) in [4.78, 5) is 21.7. The average molecular weight is 598 g/mol. The Labute approximate surface area is 243 Å². The third kappa shape index (κ3) is 5.66. The molecule has 0 aliphatic carbocycles. The fourth-order valence-corrected chi connectivity index (χ4v) is 5.04. The smallest absolute Gasteiger partial charge is 0.261 e. The largest absolute Gasteiger partial charge is 0.324 e. The zero-order valence-electron chi connectivity index (χ0n) is 22.1. The maximum atomic E-state index is 14.2. The van der Waals surface area contributed by atoms with Crippen molar-refractivity contribution < 1.29 is 22.0 Å². The second-order valence-electron chi connectivity index (χ2n) is 9.35. The predicted molar refractivity (Wildman–Crippen MR) is 157 cm³/mol. The first kappa shape index (κ1) is 27.6.